The van der Waals surface area contributed by atoms with Crippen LogP contribution < -0.4 is 11.1 Å². The van der Waals surface area contributed by atoms with Crippen LogP contribution in [0, 0.1) is 0 Å². The second-order valence-electron chi connectivity index (χ2n) is 4.71. The number of carbonyl (C=O) groups excluding carboxylic acids is 1. The van der Waals surface area contributed by atoms with Gasteiger partial charge in [0.25, 0.3) is 0 Å². The summed E-state index contributed by atoms with van der Waals surface area (Å²) in [7, 11) is 1.83. The molecule has 0 aliphatic carbocycles. The Labute approximate surface area is 126 Å². The highest BCUT2D eigenvalue weighted by molar-refractivity contribution is 9.10. The van der Waals surface area contributed by atoms with Crippen molar-refractivity contribution in [3.05, 3.63) is 28.2 Å². The highest BCUT2D eigenvalue weighted by atomic mass is 79.9. The molecule has 3 N–H and O–H groups in total. The van der Waals surface area contributed by atoms with Gasteiger partial charge < -0.3 is 16.0 Å². The van der Waals surface area contributed by atoms with Gasteiger partial charge in [-0.15, -0.1) is 0 Å². The first-order chi connectivity index (χ1) is 8.97. The molecule has 6 heteroatoms. The summed E-state index contributed by atoms with van der Waals surface area (Å²) in [5.41, 5.74) is 7.49. The average Bonchev–Trinajstić information content (AvgIpc) is 2.36. The molecule has 1 atom stereocenters. The van der Waals surface area contributed by atoms with Crippen LogP contribution in [-0.4, -0.2) is 35.4 Å². The molecule has 102 valence electrons. The summed E-state index contributed by atoms with van der Waals surface area (Å²) in [6.07, 6.45) is 1.41. The third-order valence-corrected chi connectivity index (χ3v) is 3.95. The molecule has 1 fully saturated rings. The van der Waals surface area contributed by atoms with E-state index in [-0.39, 0.29) is 11.9 Å². The summed E-state index contributed by atoms with van der Waals surface area (Å²) in [5.74, 6) is 0.198. The van der Waals surface area contributed by atoms with E-state index < -0.39 is 0 Å². The van der Waals surface area contributed by atoms with Gasteiger partial charge in [0.15, 0.2) is 0 Å². The Morgan fingerprint density at radius 1 is 1.58 bits per heavy atom. The van der Waals surface area contributed by atoms with Gasteiger partial charge in [0, 0.05) is 41.8 Å². The van der Waals surface area contributed by atoms with Crippen LogP contribution in [0.1, 0.15) is 18.4 Å². The summed E-state index contributed by atoms with van der Waals surface area (Å²) in [4.78, 5) is 13.6. The number of anilines is 1. The number of hydrogen-bond acceptors (Lipinski definition) is 3. The number of carbonyl (C=O) groups is 1. The number of hydrogen-bond donors (Lipinski definition) is 2. The average molecular weight is 342 g/mol. The standard InChI is InChI=1S/C13H16BrN3OS/c1-17-7-9(3-5-12(17)18)16-11-4-2-8(14)6-10(11)13(15)19/h2,4,6,9,16H,3,5,7H2,1H3,(H2,15,19). The fourth-order valence-electron chi connectivity index (χ4n) is 2.20. The third kappa shape index (κ3) is 3.45. The van der Waals surface area contributed by atoms with Crippen molar-refractivity contribution in [2.45, 2.75) is 18.9 Å². The Morgan fingerprint density at radius 3 is 2.95 bits per heavy atom. The maximum atomic E-state index is 11.5. The van der Waals surface area contributed by atoms with Crippen LogP contribution in [0.5, 0.6) is 0 Å². The smallest absolute Gasteiger partial charge is 0.222 e. The fourth-order valence-corrected chi connectivity index (χ4v) is 2.73. The highest BCUT2D eigenvalue weighted by Gasteiger charge is 2.23. The molecule has 1 aromatic rings. The zero-order chi connectivity index (χ0) is 14.0. The van der Waals surface area contributed by atoms with Gasteiger partial charge in [-0.05, 0) is 24.6 Å². The zero-order valence-corrected chi connectivity index (χ0v) is 13.1. The lowest BCUT2D eigenvalue weighted by Gasteiger charge is -2.31. The first kappa shape index (κ1) is 14.3. The van der Waals surface area contributed by atoms with E-state index in [1.807, 2.05) is 25.2 Å². The number of halogens is 1. The molecule has 1 saturated heterocycles. The minimum absolute atomic E-state index is 0.198. The first-order valence-electron chi connectivity index (χ1n) is 6.07. The molecule has 0 radical (unpaired) electrons. The normalized spacial score (nSPS) is 19.4. The molecule has 2 rings (SSSR count). The number of likely N-dealkylation sites (N-methyl/N-ethyl adjacent to an activating group) is 1. The Balaban J connectivity index is 2.15. The Bertz CT molecular complexity index is 521. The summed E-state index contributed by atoms with van der Waals surface area (Å²) >= 11 is 8.48. The van der Waals surface area contributed by atoms with E-state index in [4.69, 9.17) is 18.0 Å². The van der Waals surface area contributed by atoms with E-state index >= 15 is 0 Å². The largest absolute Gasteiger partial charge is 0.389 e. The van der Waals surface area contributed by atoms with Crippen molar-refractivity contribution in [1.29, 1.82) is 0 Å². The van der Waals surface area contributed by atoms with Gasteiger partial charge >= 0.3 is 0 Å². The van der Waals surface area contributed by atoms with Crippen molar-refractivity contribution in [2.24, 2.45) is 5.73 Å². The van der Waals surface area contributed by atoms with Crippen LogP contribution in [0.15, 0.2) is 22.7 Å². The molecule has 1 aliphatic rings. The van der Waals surface area contributed by atoms with Gasteiger partial charge in [0.1, 0.15) is 4.99 Å². The van der Waals surface area contributed by atoms with Crippen LogP contribution in [0.3, 0.4) is 0 Å². The van der Waals surface area contributed by atoms with Crippen LogP contribution in [-0.2, 0) is 4.79 Å². The Hall–Kier alpha value is -1.14. The molecule has 0 saturated carbocycles. The van der Waals surface area contributed by atoms with E-state index in [1.54, 1.807) is 4.90 Å². The quantitative estimate of drug-likeness (QED) is 0.826. The van der Waals surface area contributed by atoms with E-state index in [0.29, 0.717) is 18.0 Å². The lowest BCUT2D eigenvalue weighted by atomic mass is 10.0. The SMILES string of the molecule is CN1CC(Nc2ccc(Br)cc2C(N)=S)CCC1=O. The molecular weight excluding hydrogens is 326 g/mol. The molecule has 1 aromatic carbocycles. The summed E-state index contributed by atoms with van der Waals surface area (Å²) in [6, 6.07) is 6.04. The number of nitrogens with two attached hydrogens (primary N) is 1. The second-order valence-corrected chi connectivity index (χ2v) is 6.06. The third-order valence-electron chi connectivity index (χ3n) is 3.23. The van der Waals surface area contributed by atoms with Crippen molar-refractivity contribution >= 4 is 44.7 Å². The predicted molar refractivity (Wildman–Crippen MR) is 84.3 cm³/mol. The minimum Gasteiger partial charge on any atom is -0.389 e. The van der Waals surface area contributed by atoms with E-state index in [2.05, 4.69) is 21.2 Å². The van der Waals surface area contributed by atoms with E-state index in [9.17, 15) is 4.79 Å². The number of nitrogens with one attached hydrogen (secondary N) is 1. The van der Waals surface area contributed by atoms with Crippen molar-refractivity contribution in [3.8, 4) is 0 Å². The number of rotatable bonds is 3. The number of amides is 1. The molecule has 0 bridgehead atoms. The van der Waals surface area contributed by atoms with Crippen molar-refractivity contribution in [2.75, 3.05) is 18.9 Å². The maximum absolute atomic E-state index is 11.5. The monoisotopic (exact) mass is 341 g/mol. The van der Waals surface area contributed by atoms with Crippen LogP contribution in [0.4, 0.5) is 5.69 Å². The first-order valence-corrected chi connectivity index (χ1v) is 7.27. The minimum atomic E-state index is 0.198. The zero-order valence-electron chi connectivity index (χ0n) is 10.6. The van der Waals surface area contributed by atoms with Crippen LogP contribution in [0.2, 0.25) is 0 Å². The Morgan fingerprint density at radius 2 is 2.32 bits per heavy atom. The van der Waals surface area contributed by atoms with Gasteiger partial charge in [0.05, 0.1) is 0 Å². The molecule has 1 amide bonds. The van der Waals surface area contributed by atoms with Crippen LogP contribution in [0.25, 0.3) is 0 Å². The molecule has 4 nitrogen and oxygen atoms in total. The van der Waals surface area contributed by atoms with Gasteiger partial charge in [0.2, 0.25) is 5.91 Å². The molecule has 0 aromatic heterocycles. The van der Waals surface area contributed by atoms with Gasteiger partial charge in [-0.2, -0.15) is 0 Å². The number of thiocarbonyl (C=S) groups is 1. The van der Waals surface area contributed by atoms with Crippen molar-refractivity contribution < 1.29 is 4.79 Å². The van der Waals surface area contributed by atoms with Gasteiger partial charge in [-0.25, -0.2) is 0 Å². The molecule has 0 spiro atoms. The molecule has 1 heterocycles. The number of likely N-dealkylation sites (tertiary alicyclic amines) is 1. The maximum Gasteiger partial charge on any atom is 0.222 e. The predicted octanol–water partition coefficient (Wildman–Crippen LogP) is 2.12. The lowest BCUT2D eigenvalue weighted by molar-refractivity contribution is -0.132. The lowest BCUT2D eigenvalue weighted by Crippen LogP contribution is -2.43. The van der Waals surface area contributed by atoms with Crippen molar-refractivity contribution in [1.82, 2.24) is 4.90 Å². The van der Waals surface area contributed by atoms with Gasteiger partial charge in [-0.1, -0.05) is 28.1 Å². The second kappa shape index (κ2) is 5.88. The molecule has 1 unspecified atom stereocenters. The summed E-state index contributed by atoms with van der Waals surface area (Å²) < 4.78 is 0.941. The van der Waals surface area contributed by atoms with Gasteiger partial charge in [-0.3, -0.25) is 4.79 Å². The molecular formula is C13H16BrN3OS. The number of benzene rings is 1. The fraction of sp³-hybridized carbons (Fsp3) is 0.385. The van der Waals surface area contributed by atoms with E-state index in [1.165, 1.54) is 0 Å². The van der Waals surface area contributed by atoms with Crippen LogP contribution >= 0.6 is 28.1 Å². The Kier molecular flexibility index (Phi) is 4.42. The number of nitrogens with zero attached hydrogens (tertiary/aromatic N) is 1. The van der Waals surface area contributed by atoms with Crippen molar-refractivity contribution in [3.63, 3.8) is 0 Å². The number of piperidine rings is 1. The molecule has 19 heavy (non-hydrogen) atoms. The molecule has 1 aliphatic heterocycles. The van der Waals surface area contributed by atoms with E-state index in [0.717, 1.165) is 22.1 Å². The topological polar surface area (TPSA) is 58.4 Å². The summed E-state index contributed by atoms with van der Waals surface area (Å²) in [5, 5.41) is 3.43. The highest BCUT2D eigenvalue weighted by Crippen LogP contribution is 2.23. The summed E-state index contributed by atoms with van der Waals surface area (Å²) in [6.45, 7) is 0.700.